The van der Waals surface area contributed by atoms with Gasteiger partial charge in [0.25, 0.3) is 5.91 Å². The lowest BCUT2D eigenvalue weighted by Crippen LogP contribution is -2.21. The highest BCUT2D eigenvalue weighted by Crippen LogP contribution is 2.29. The second-order valence-corrected chi connectivity index (χ2v) is 9.00. The Hall–Kier alpha value is -4.30. The average Bonchev–Trinajstić information content (AvgIpc) is 3.62. The number of hydrogen-bond acceptors (Lipinski definition) is 7. The molecular formula is C23H17ClF3N7O3S. The van der Waals surface area contributed by atoms with E-state index in [-0.39, 0.29) is 5.91 Å². The van der Waals surface area contributed by atoms with E-state index in [1.54, 1.807) is 24.1 Å². The van der Waals surface area contributed by atoms with E-state index in [0.717, 1.165) is 27.0 Å². The molecule has 0 unspecified atom stereocenters. The number of alkyl halides is 3. The zero-order chi connectivity index (χ0) is 27.4. The van der Waals surface area contributed by atoms with Crippen molar-refractivity contribution in [2.45, 2.75) is 12.6 Å². The average molecular weight is 564 g/mol. The zero-order valence-electron chi connectivity index (χ0n) is 19.3. The van der Waals surface area contributed by atoms with E-state index in [0.29, 0.717) is 28.6 Å². The predicted molar refractivity (Wildman–Crippen MR) is 134 cm³/mol. The Morgan fingerprint density at radius 2 is 1.97 bits per heavy atom. The van der Waals surface area contributed by atoms with Crippen molar-refractivity contribution < 1.29 is 27.9 Å². The summed E-state index contributed by atoms with van der Waals surface area (Å²) < 4.78 is 37.9. The van der Waals surface area contributed by atoms with Crippen molar-refractivity contribution in [1.29, 1.82) is 0 Å². The van der Waals surface area contributed by atoms with Crippen molar-refractivity contribution in [2.24, 2.45) is 7.05 Å². The molecule has 0 aliphatic rings. The van der Waals surface area contributed by atoms with Gasteiger partial charge in [0.05, 0.1) is 29.3 Å². The Morgan fingerprint density at radius 3 is 2.66 bits per heavy atom. The van der Waals surface area contributed by atoms with Gasteiger partial charge >= 0.3 is 12.1 Å². The first-order valence-corrected chi connectivity index (χ1v) is 11.8. The largest absolute Gasteiger partial charge is 0.490 e. The molecule has 10 nitrogen and oxygen atoms in total. The number of aromatic amines is 1. The fraction of sp³-hybridized carbons (Fsp3) is 0.130. The minimum absolute atomic E-state index is 0.228. The highest BCUT2D eigenvalue weighted by atomic mass is 35.5. The molecule has 15 heteroatoms. The third-order valence-electron chi connectivity index (χ3n) is 5.12. The lowest BCUT2D eigenvalue weighted by atomic mass is 10.1. The number of carboxylic acids is 1. The number of carboxylic acid groups (broad SMARTS) is 1. The molecule has 3 aromatic heterocycles. The SMILES string of the molecule is Cn1cncc1C(=O)Nc1cccc(-c2nsc(Cc3ccc4[nH]ncc4c3Cl)n2)c1.O=C(O)C(F)(F)F. The van der Waals surface area contributed by atoms with E-state index in [9.17, 15) is 18.0 Å². The Labute approximate surface area is 221 Å². The molecule has 38 heavy (non-hydrogen) atoms. The van der Waals surface area contributed by atoms with Gasteiger partial charge in [0.1, 0.15) is 10.7 Å². The molecule has 0 spiro atoms. The second-order valence-electron chi connectivity index (χ2n) is 7.79. The van der Waals surface area contributed by atoms with Crippen LogP contribution in [0.2, 0.25) is 5.02 Å². The molecule has 2 aromatic carbocycles. The van der Waals surface area contributed by atoms with Gasteiger partial charge in [-0.05, 0) is 35.3 Å². The first-order chi connectivity index (χ1) is 18.0. The van der Waals surface area contributed by atoms with Crippen LogP contribution in [-0.2, 0) is 18.3 Å². The standard InChI is InChI=1S/C21H16ClN7OS.C2HF3O2/c1-29-11-23-10-17(29)21(30)25-14-4-2-3-13(7-14)20-26-18(31-28-20)8-12-5-6-16-15(19(12)22)9-24-27-16;3-2(4,5)1(6)7/h2-7,9-11H,8H2,1H3,(H,24,27)(H,25,30);(H,6,7). The van der Waals surface area contributed by atoms with E-state index < -0.39 is 12.1 Å². The Bertz CT molecular complexity index is 1610. The molecule has 196 valence electrons. The number of anilines is 1. The quantitative estimate of drug-likeness (QED) is 0.275. The number of amides is 1. The van der Waals surface area contributed by atoms with Crippen LogP contribution < -0.4 is 5.32 Å². The Balaban J connectivity index is 0.000000426. The van der Waals surface area contributed by atoms with Crippen molar-refractivity contribution in [3.63, 3.8) is 0 Å². The number of aromatic nitrogens is 6. The lowest BCUT2D eigenvalue weighted by Gasteiger charge is -2.06. The molecular weight excluding hydrogens is 547 g/mol. The molecule has 5 rings (SSSR count). The summed E-state index contributed by atoms with van der Waals surface area (Å²) in [4.78, 5) is 30.0. The molecule has 0 aliphatic carbocycles. The van der Waals surface area contributed by atoms with Gasteiger partial charge in [-0.15, -0.1) is 0 Å². The number of rotatable bonds is 5. The molecule has 3 heterocycles. The van der Waals surface area contributed by atoms with Crippen LogP contribution in [0.25, 0.3) is 22.3 Å². The van der Waals surface area contributed by atoms with Crippen LogP contribution in [0.3, 0.4) is 0 Å². The smallest absolute Gasteiger partial charge is 0.475 e. The van der Waals surface area contributed by atoms with Crippen LogP contribution in [0.15, 0.2) is 55.1 Å². The number of fused-ring (bicyclic) bond motifs is 1. The number of imidazole rings is 1. The van der Waals surface area contributed by atoms with Crippen LogP contribution in [0.5, 0.6) is 0 Å². The number of nitrogens with one attached hydrogen (secondary N) is 2. The van der Waals surface area contributed by atoms with Gasteiger partial charge in [-0.1, -0.05) is 29.8 Å². The van der Waals surface area contributed by atoms with Gasteiger partial charge < -0.3 is 15.0 Å². The Kier molecular flexibility index (Phi) is 7.73. The van der Waals surface area contributed by atoms with E-state index in [1.807, 2.05) is 36.4 Å². The van der Waals surface area contributed by atoms with Crippen molar-refractivity contribution >= 4 is 51.6 Å². The molecule has 0 saturated heterocycles. The van der Waals surface area contributed by atoms with Gasteiger partial charge in [0.2, 0.25) is 0 Å². The molecule has 0 fully saturated rings. The number of benzene rings is 2. The third-order valence-corrected chi connectivity index (χ3v) is 6.28. The van der Waals surface area contributed by atoms with Crippen LogP contribution in [0.1, 0.15) is 21.1 Å². The predicted octanol–water partition coefficient (Wildman–Crippen LogP) is 4.94. The van der Waals surface area contributed by atoms with Gasteiger partial charge in [-0.2, -0.15) is 22.6 Å². The normalized spacial score (nSPS) is 11.2. The number of hydrogen-bond donors (Lipinski definition) is 3. The third kappa shape index (κ3) is 6.15. The highest BCUT2D eigenvalue weighted by Gasteiger charge is 2.38. The zero-order valence-corrected chi connectivity index (χ0v) is 20.9. The minimum atomic E-state index is -5.08. The number of nitrogens with zero attached hydrogens (tertiary/aromatic N) is 5. The van der Waals surface area contributed by atoms with Crippen molar-refractivity contribution in [1.82, 2.24) is 29.1 Å². The molecule has 0 saturated carbocycles. The summed E-state index contributed by atoms with van der Waals surface area (Å²) in [5.41, 5.74) is 3.83. The fourth-order valence-corrected chi connectivity index (χ4v) is 4.24. The van der Waals surface area contributed by atoms with Crippen LogP contribution in [0, 0.1) is 0 Å². The number of carbonyl (C=O) groups excluding carboxylic acids is 1. The van der Waals surface area contributed by atoms with E-state index in [2.05, 4.69) is 29.9 Å². The molecule has 1 amide bonds. The molecule has 0 bridgehead atoms. The van der Waals surface area contributed by atoms with E-state index >= 15 is 0 Å². The van der Waals surface area contributed by atoms with Gasteiger partial charge in [0, 0.05) is 30.1 Å². The van der Waals surface area contributed by atoms with Gasteiger partial charge in [0.15, 0.2) is 5.82 Å². The summed E-state index contributed by atoms with van der Waals surface area (Å²) >= 11 is 7.86. The number of aliphatic carboxylic acids is 1. The first-order valence-electron chi connectivity index (χ1n) is 10.6. The minimum Gasteiger partial charge on any atom is -0.475 e. The number of carbonyl (C=O) groups is 2. The monoisotopic (exact) mass is 563 g/mol. The molecule has 0 aliphatic heterocycles. The van der Waals surface area contributed by atoms with Crippen LogP contribution in [0.4, 0.5) is 18.9 Å². The van der Waals surface area contributed by atoms with Crippen LogP contribution >= 0.6 is 23.1 Å². The summed E-state index contributed by atoms with van der Waals surface area (Å²) in [5.74, 6) is -2.38. The summed E-state index contributed by atoms with van der Waals surface area (Å²) in [6, 6.07) is 11.4. The maximum Gasteiger partial charge on any atom is 0.490 e. The van der Waals surface area contributed by atoms with Crippen molar-refractivity contribution in [3.8, 4) is 11.4 Å². The summed E-state index contributed by atoms with van der Waals surface area (Å²) in [7, 11) is 1.77. The summed E-state index contributed by atoms with van der Waals surface area (Å²) in [5, 5.41) is 19.4. The molecule has 0 radical (unpaired) electrons. The van der Waals surface area contributed by atoms with Crippen LogP contribution in [-0.4, -0.2) is 52.3 Å². The van der Waals surface area contributed by atoms with Crippen molar-refractivity contribution in [3.05, 3.63) is 76.4 Å². The first kappa shape index (κ1) is 26.8. The van der Waals surface area contributed by atoms with Gasteiger partial charge in [-0.25, -0.2) is 14.8 Å². The fourth-order valence-electron chi connectivity index (χ4n) is 3.28. The number of H-pyrrole nitrogens is 1. The topological polar surface area (TPSA) is 139 Å². The Morgan fingerprint density at radius 1 is 1.21 bits per heavy atom. The maximum absolute atomic E-state index is 12.4. The van der Waals surface area contributed by atoms with E-state index in [4.69, 9.17) is 21.5 Å². The number of aryl methyl sites for hydroxylation is 1. The second kappa shape index (κ2) is 11.0. The van der Waals surface area contributed by atoms with E-state index in [1.165, 1.54) is 17.7 Å². The summed E-state index contributed by atoms with van der Waals surface area (Å²) in [6.45, 7) is 0. The lowest BCUT2D eigenvalue weighted by molar-refractivity contribution is -0.192. The summed E-state index contributed by atoms with van der Waals surface area (Å²) in [6.07, 6.45) is 0.328. The maximum atomic E-state index is 12.4. The molecule has 0 atom stereocenters. The molecule has 3 N–H and O–H groups in total. The highest BCUT2D eigenvalue weighted by molar-refractivity contribution is 7.05. The molecule has 5 aromatic rings. The van der Waals surface area contributed by atoms with Crippen molar-refractivity contribution in [2.75, 3.05) is 5.32 Å². The van der Waals surface area contributed by atoms with Gasteiger partial charge in [-0.3, -0.25) is 9.89 Å². The number of halogens is 4.